The van der Waals surface area contributed by atoms with Crippen LogP contribution in [0, 0.1) is 5.82 Å². The van der Waals surface area contributed by atoms with Gasteiger partial charge >= 0.3 is 6.03 Å². The molecule has 2 amide bonds. The number of urea groups is 1. The minimum atomic E-state index is -0.287. The lowest BCUT2D eigenvalue weighted by atomic mass is 10.1. The highest BCUT2D eigenvalue weighted by Gasteiger charge is 2.22. The van der Waals surface area contributed by atoms with E-state index in [0.717, 1.165) is 17.1 Å². The Hall–Kier alpha value is -3.88. The largest absolute Gasteiger partial charge is 0.493 e. The molecule has 2 heterocycles. The van der Waals surface area contributed by atoms with Gasteiger partial charge in [-0.1, -0.05) is 0 Å². The molecular formula is C23H24FN5O3. The molecule has 1 aliphatic heterocycles. The second-order valence-corrected chi connectivity index (χ2v) is 7.24. The normalized spacial score (nSPS) is 13.6. The van der Waals surface area contributed by atoms with Crippen molar-refractivity contribution in [2.45, 2.75) is 0 Å². The van der Waals surface area contributed by atoms with Crippen LogP contribution < -0.4 is 19.7 Å². The molecule has 166 valence electrons. The molecule has 9 heteroatoms. The standard InChI is InChI=1S/C23H24FN5O3/c1-31-20-8-7-18(13-21(20)32-2)27-23(30)29-11-9-28(10-12-29)22-14-19(25-15-26-22)16-3-5-17(24)6-4-16/h3-8,13-15H,9-12H2,1-2H3,(H,27,30). The first kappa shape index (κ1) is 21.4. The number of halogens is 1. The van der Waals surface area contributed by atoms with Crippen molar-refractivity contribution in [3.63, 3.8) is 0 Å². The first-order valence-corrected chi connectivity index (χ1v) is 10.2. The van der Waals surface area contributed by atoms with Crippen molar-refractivity contribution in [2.24, 2.45) is 0 Å². The number of anilines is 2. The Kier molecular flexibility index (Phi) is 6.34. The predicted octanol–water partition coefficient (Wildman–Crippen LogP) is 3.65. The number of methoxy groups -OCH3 is 2. The highest BCUT2D eigenvalue weighted by Crippen LogP contribution is 2.30. The summed E-state index contributed by atoms with van der Waals surface area (Å²) < 4.78 is 23.7. The van der Waals surface area contributed by atoms with Crippen LogP contribution in [0.3, 0.4) is 0 Å². The number of hydrogen-bond donors (Lipinski definition) is 1. The summed E-state index contributed by atoms with van der Waals surface area (Å²) in [5.41, 5.74) is 2.18. The fourth-order valence-corrected chi connectivity index (χ4v) is 3.55. The van der Waals surface area contributed by atoms with E-state index in [2.05, 4.69) is 20.2 Å². The van der Waals surface area contributed by atoms with Gasteiger partial charge in [0, 0.05) is 49.6 Å². The van der Waals surface area contributed by atoms with Crippen LogP contribution in [0.15, 0.2) is 54.9 Å². The summed E-state index contributed by atoms with van der Waals surface area (Å²) in [6.45, 7) is 2.38. The molecule has 0 radical (unpaired) electrons. The molecule has 1 fully saturated rings. The molecule has 0 bridgehead atoms. The van der Waals surface area contributed by atoms with Gasteiger partial charge in [-0.3, -0.25) is 0 Å². The summed E-state index contributed by atoms with van der Waals surface area (Å²) >= 11 is 0. The third kappa shape index (κ3) is 4.72. The Morgan fingerprint density at radius 2 is 1.66 bits per heavy atom. The number of aromatic nitrogens is 2. The summed E-state index contributed by atoms with van der Waals surface area (Å²) in [6, 6.07) is 13.2. The van der Waals surface area contributed by atoms with Crippen LogP contribution in [0.2, 0.25) is 0 Å². The van der Waals surface area contributed by atoms with E-state index in [1.807, 2.05) is 6.07 Å². The first-order chi connectivity index (χ1) is 15.6. The van der Waals surface area contributed by atoms with Crippen molar-refractivity contribution in [3.05, 3.63) is 60.7 Å². The molecule has 1 aliphatic rings. The average Bonchev–Trinajstić information content (AvgIpc) is 2.84. The molecule has 8 nitrogen and oxygen atoms in total. The SMILES string of the molecule is COc1ccc(NC(=O)N2CCN(c3cc(-c4ccc(F)cc4)ncn3)CC2)cc1OC. The number of piperazine rings is 1. The summed E-state index contributed by atoms with van der Waals surface area (Å²) in [4.78, 5) is 25.2. The zero-order chi connectivity index (χ0) is 22.5. The Morgan fingerprint density at radius 1 is 0.938 bits per heavy atom. The van der Waals surface area contributed by atoms with Crippen LogP contribution in [0.5, 0.6) is 11.5 Å². The topological polar surface area (TPSA) is 79.8 Å². The number of benzene rings is 2. The number of hydrogen-bond acceptors (Lipinski definition) is 6. The van der Waals surface area contributed by atoms with Crippen LogP contribution in [0.1, 0.15) is 0 Å². The first-order valence-electron chi connectivity index (χ1n) is 10.2. The lowest BCUT2D eigenvalue weighted by molar-refractivity contribution is 0.208. The lowest BCUT2D eigenvalue weighted by Gasteiger charge is -2.35. The van der Waals surface area contributed by atoms with Crippen molar-refractivity contribution in [3.8, 4) is 22.8 Å². The van der Waals surface area contributed by atoms with Gasteiger partial charge in [0.25, 0.3) is 0 Å². The van der Waals surface area contributed by atoms with E-state index in [1.54, 1.807) is 49.5 Å². The van der Waals surface area contributed by atoms with E-state index < -0.39 is 0 Å². The van der Waals surface area contributed by atoms with E-state index in [-0.39, 0.29) is 11.8 Å². The number of nitrogens with zero attached hydrogens (tertiary/aromatic N) is 4. The molecule has 1 N–H and O–H groups in total. The van der Waals surface area contributed by atoms with Gasteiger partial charge in [-0.05, 0) is 36.4 Å². The molecular weight excluding hydrogens is 413 g/mol. The van der Waals surface area contributed by atoms with E-state index in [1.165, 1.54) is 18.5 Å². The van der Waals surface area contributed by atoms with Crippen molar-refractivity contribution < 1.29 is 18.7 Å². The Balaban J connectivity index is 1.37. The zero-order valence-electron chi connectivity index (χ0n) is 17.9. The maximum absolute atomic E-state index is 13.2. The number of amides is 2. The second-order valence-electron chi connectivity index (χ2n) is 7.24. The predicted molar refractivity (Wildman–Crippen MR) is 120 cm³/mol. The number of rotatable bonds is 5. The fraction of sp³-hybridized carbons (Fsp3) is 0.261. The second kappa shape index (κ2) is 9.51. The summed E-state index contributed by atoms with van der Waals surface area (Å²) in [7, 11) is 3.12. The Morgan fingerprint density at radius 3 is 2.34 bits per heavy atom. The smallest absolute Gasteiger partial charge is 0.321 e. The average molecular weight is 437 g/mol. The maximum Gasteiger partial charge on any atom is 0.321 e. The molecule has 0 saturated carbocycles. The van der Waals surface area contributed by atoms with Gasteiger partial charge in [-0.25, -0.2) is 19.2 Å². The van der Waals surface area contributed by atoms with E-state index in [0.29, 0.717) is 43.4 Å². The lowest BCUT2D eigenvalue weighted by Crippen LogP contribution is -2.50. The van der Waals surface area contributed by atoms with E-state index in [9.17, 15) is 9.18 Å². The van der Waals surface area contributed by atoms with Crippen LogP contribution in [-0.4, -0.2) is 61.3 Å². The minimum absolute atomic E-state index is 0.174. The van der Waals surface area contributed by atoms with Gasteiger partial charge in [0.05, 0.1) is 19.9 Å². The summed E-state index contributed by atoms with van der Waals surface area (Å²) in [5.74, 6) is 1.64. The molecule has 1 aromatic heterocycles. The molecule has 0 unspecified atom stereocenters. The molecule has 0 aliphatic carbocycles. The molecule has 0 atom stereocenters. The highest BCUT2D eigenvalue weighted by molar-refractivity contribution is 5.90. The van der Waals surface area contributed by atoms with Crippen molar-refractivity contribution >= 4 is 17.5 Å². The van der Waals surface area contributed by atoms with Crippen molar-refractivity contribution in [1.29, 1.82) is 0 Å². The quantitative estimate of drug-likeness (QED) is 0.656. The van der Waals surface area contributed by atoms with Gasteiger partial charge < -0.3 is 24.6 Å². The molecule has 4 rings (SSSR count). The maximum atomic E-state index is 13.2. The highest BCUT2D eigenvalue weighted by atomic mass is 19.1. The van der Waals surface area contributed by atoms with Gasteiger partial charge in [0.1, 0.15) is 18.0 Å². The van der Waals surface area contributed by atoms with Crippen LogP contribution in [0.25, 0.3) is 11.3 Å². The third-order valence-corrected chi connectivity index (χ3v) is 5.32. The van der Waals surface area contributed by atoms with Crippen molar-refractivity contribution in [1.82, 2.24) is 14.9 Å². The molecule has 3 aromatic rings. The van der Waals surface area contributed by atoms with Crippen LogP contribution in [-0.2, 0) is 0 Å². The number of ether oxygens (including phenoxy) is 2. The van der Waals surface area contributed by atoms with Crippen LogP contribution >= 0.6 is 0 Å². The fourth-order valence-electron chi connectivity index (χ4n) is 3.55. The monoisotopic (exact) mass is 437 g/mol. The number of carbonyl (C=O) groups excluding carboxylic acids is 1. The van der Waals surface area contributed by atoms with E-state index in [4.69, 9.17) is 9.47 Å². The van der Waals surface area contributed by atoms with Crippen LogP contribution in [0.4, 0.5) is 20.7 Å². The van der Waals surface area contributed by atoms with Crippen molar-refractivity contribution in [2.75, 3.05) is 50.6 Å². The third-order valence-electron chi connectivity index (χ3n) is 5.32. The van der Waals surface area contributed by atoms with Gasteiger partial charge in [0.15, 0.2) is 11.5 Å². The molecule has 1 saturated heterocycles. The molecule has 2 aromatic carbocycles. The van der Waals surface area contributed by atoms with Gasteiger partial charge in [-0.15, -0.1) is 0 Å². The Bertz CT molecular complexity index is 1090. The Labute approximate surface area is 185 Å². The minimum Gasteiger partial charge on any atom is -0.493 e. The summed E-state index contributed by atoms with van der Waals surface area (Å²) in [5, 5.41) is 2.90. The zero-order valence-corrected chi connectivity index (χ0v) is 17.9. The summed E-state index contributed by atoms with van der Waals surface area (Å²) in [6.07, 6.45) is 1.50. The van der Waals surface area contributed by atoms with E-state index >= 15 is 0 Å². The van der Waals surface area contributed by atoms with Gasteiger partial charge in [0.2, 0.25) is 0 Å². The molecule has 0 spiro atoms. The number of carbonyl (C=O) groups is 1. The molecule has 32 heavy (non-hydrogen) atoms. The van der Waals surface area contributed by atoms with Gasteiger partial charge in [-0.2, -0.15) is 0 Å². The number of nitrogens with one attached hydrogen (secondary N) is 1.